The zero-order valence-electron chi connectivity index (χ0n) is 16.6. The summed E-state index contributed by atoms with van der Waals surface area (Å²) in [5.41, 5.74) is 6.41. The molecule has 2 aromatic rings. The molecule has 3 heteroatoms. The second kappa shape index (κ2) is 7.67. The molecular weight excluding hydrogens is 334 g/mol. The van der Waals surface area contributed by atoms with E-state index in [4.69, 9.17) is 10.2 Å². The van der Waals surface area contributed by atoms with Crippen molar-refractivity contribution < 1.29 is 4.43 Å². The molecule has 2 nitrogen and oxygen atoms in total. The molecule has 0 unspecified atom stereocenters. The molecule has 0 heterocycles. The highest BCUT2D eigenvalue weighted by Crippen LogP contribution is 2.39. The predicted octanol–water partition coefficient (Wildman–Crippen LogP) is 4.08. The molecule has 2 N–H and O–H groups in total. The molecule has 0 aromatic heterocycles. The summed E-state index contributed by atoms with van der Waals surface area (Å²) in [7, 11) is -2.44. The summed E-state index contributed by atoms with van der Waals surface area (Å²) in [6.45, 7) is 9.28. The van der Waals surface area contributed by atoms with Crippen LogP contribution >= 0.6 is 0 Å². The Kier molecular flexibility index (Phi) is 5.71. The summed E-state index contributed by atoms with van der Waals surface area (Å²) in [5, 5.41) is 2.74. The molecule has 3 rings (SSSR count). The van der Waals surface area contributed by atoms with Gasteiger partial charge in [-0.05, 0) is 40.6 Å². The fraction of sp³-hybridized carbons (Fsp3) is 0.478. The first-order valence-electron chi connectivity index (χ1n) is 9.89. The third kappa shape index (κ3) is 3.66. The van der Waals surface area contributed by atoms with Gasteiger partial charge in [0.15, 0.2) is 0 Å². The van der Waals surface area contributed by atoms with E-state index in [1.54, 1.807) is 0 Å². The van der Waals surface area contributed by atoms with E-state index in [9.17, 15) is 0 Å². The molecule has 0 aliphatic heterocycles. The van der Waals surface area contributed by atoms with E-state index in [0.29, 0.717) is 5.92 Å². The van der Waals surface area contributed by atoms with Gasteiger partial charge in [-0.25, -0.2) is 0 Å². The first-order chi connectivity index (χ1) is 12.3. The van der Waals surface area contributed by atoms with Crippen molar-refractivity contribution in [1.82, 2.24) is 0 Å². The quantitative estimate of drug-likeness (QED) is 0.827. The zero-order chi connectivity index (χ0) is 18.8. The standard InChI is InChI=1S/C23H33NOSi/c1-18-15-16-19(17-22(18)24)25-26(23(2,3)4,20-11-7-5-8-12-20)21-13-9-6-10-14-21/h5-14,18-19,22H,15-17,24H2,1-4H3/t18-,19+,22-/m0/s1. The third-order valence-electron chi connectivity index (χ3n) is 5.97. The minimum absolute atomic E-state index is 0.0306. The van der Waals surface area contributed by atoms with Crippen molar-refractivity contribution in [3.63, 3.8) is 0 Å². The lowest BCUT2D eigenvalue weighted by Gasteiger charge is -2.47. The fourth-order valence-electron chi connectivity index (χ4n) is 4.36. The van der Waals surface area contributed by atoms with Crippen LogP contribution in [0, 0.1) is 5.92 Å². The van der Waals surface area contributed by atoms with Crippen LogP contribution in [-0.2, 0) is 4.43 Å². The fourth-order valence-corrected chi connectivity index (χ4v) is 9.09. The Morgan fingerprint density at radius 3 is 1.81 bits per heavy atom. The van der Waals surface area contributed by atoms with Crippen LogP contribution in [0.2, 0.25) is 5.04 Å². The van der Waals surface area contributed by atoms with Gasteiger partial charge in [-0.3, -0.25) is 0 Å². The minimum atomic E-state index is -2.44. The summed E-state index contributed by atoms with van der Waals surface area (Å²) < 4.78 is 7.19. The Bertz CT molecular complexity index is 656. The zero-order valence-corrected chi connectivity index (χ0v) is 17.6. The minimum Gasteiger partial charge on any atom is -0.404 e. The van der Waals surface area contributed by atoms with Gasteiger partial charge in [0.05, 0.1) is 0 Å². The van der Waals surface area contributed by atoms with Crippen molar-refractivity contribution >= 4 is 18.7 Å². The molecule has 1 aliphatic rings. The third-order valence-corrected chi connectivity index (χ3v) is 11.1. The van der Waals surface area contributed by atoms with Gasteiger partial charge < -0.3 is 10.2 Å². The molecule has 1 fully saturated rings. The molecule has 26 heavy (non-hydrogen) atoms. The Balaban J connectivity index is 2.09. The maximum absolute atomic E-state index is 7.19. The van der Waals surface area contributed by atoms with Crippen molar-refractivity contribution in [3.05, 3.63) is 60.7 Å². The number of hydrogen-bond donors (Lipinski definition) is 1. The average Bonchev–Trinajstić information content (AvgIpc) is 2.63. The smallest absolute Gasteiger partial charge is 0.261 e. The Labute approximate surface area is 159 Å². The summed E-state index contributed by atoms with van der Waals surface area (Å²) in [6.07, 6.45) is 3.47. The number of rotatable bonds is 4. The van der Waals surface area contributed by atoms with Crippen molar-refractivity contribution in [2.24, 2.45) is 11.7 Å². The highest BCUT2D eigenvalue weighted by atomic mass is 28.4. The topological polar surface area (TPSA) is 35.2 Å². The maximum Gasteiger partial charge on any atom is 0.261 e. The van der Waals surface area contributed by atoms with E-state index < -0.39 is 8.32 Å². The predicted molar refractivity (Wildman–Crippen MR) is 113 cm³/mol. The number of benzene rings is 2. The molecule has 1 aliphatic carbocycles. The molecule has 140 valence electrons. The van der Waals surface area contributed by atoms with Crippen molar-refractivity contribution in [3.8, 4) is 0 Å². The van der Waals surface area contributed by atoms with E-state index in [2.05, 4.69) is 88.4 Å². The largest absolute Gasteiger partial charge is 0.404 e. The molecule has 2 aromatic carbocycles. The van der Waals surface area contributed by atoms with Crippen LogP contribution in [-0.4, -0.2) is 20.5 Å². The average molecular weight is 368 g/mol. The number of nitrogens with two attached hydrogens (primary N) is 1. The van der Waals surface area contributed by atoms with Crippen LogP contribution < -0.4 is 16.1 Å². The normalized spacial score (nSPS) is 24.4. The first-order valence-corrected chi connectivity index (χ1v) is 11.8. The second-order valence-electron chi connectivity index (χ2n) is 8.86. The Morgan fingerprint density at radius 1 is 0.885 bits per heavy atom. The molecule has 0 saturated heterocycles. The highest BCUT2D eigenvalue weighted by Gasteiger charge is 2.51. The SMILES string of the molecule is C[C@H]1CC[C@@H](O[Si](c2ccccc2)(c2ccccc2)C(C)(C)C)C[C@@H]1N. The summed E-state index contributed by atoms with van der Waals surface area (Å²) in [6, 6.07) is 22.0. The summed E-state index contributed by atoms with van der Waals surface area (Å²) in [4.78, 5) is 0. The van der Waals surface area contributed by atoms with Gasteiger partial charge in [0.2, 0.25) is 0 Å². The lowest BCUT2D eigenvalue weighted by Crippen LogP contribution is -2.68. The Hall–Kier alpha value is -1.42. The van der Waals surface area contributed by atoms with Crippen LogP contribution in [0.15, 0.2) is 60.7 Å². The maximum atomic E-state index is 7.19. The van der Waals surface area contributed by atoms with E-state index >= 15 is 0 Å². The van der Waals surface area contributed by atoms with Crippen LogP contribution in [0.5, 0.6) is 0 Å². The van der Waals surface area contributed by atoms with Gasteiger partial charge in [-0.2, -0.15) is 0 Å². The molecular formula is C23H33NOSi. The molecule has 0 radical (unpaired) electrons. The number of hydrogen-bond acceptors (Lipinski definition) is 2. The van der Waals surface area contributed by atoms with Crippen molar-refractivity contribution in [1.29, 1.82) is 0 Å². The van der Waals surface area contributed by atoms with Crippen molar-refractivity contribution in [2.75, 3.05) is 0 Å². The van der Waals surface area contributed by atoms with Crippen LogP contribution in [0.1, 0.15) is 47.0 Å². The lowest BCUT2D eigenvalue weighted by molar-refractivity contribution is 0.112. The van der Waals surface area contributed by atoms with E-state index in [1.807, 2.05) is 0 Å². The van der Waals surface area contributed by atoms with Crippen LogP contribution in [0.4, 0.5) is 0 Å². The van der Waals surface area contributed by atoms with Crippen LogP contribution in [0.25, 0.3) is 0 Å². The van der Waals surface area contributed by atoms with E-state index in [-0.39, 0.29) is 17.2 Å². The van der Waals surface area contributed by atoms with Crippen molar-refractivity contribution in [2.45, 2.75) is 64.1 Å². The van der Waals surface area contributed by atoms with Gasteiger partial charge in [0.1, 0.15) is 0 Å². The molecule has 0 bridgehead atoms. The van der Waals surface area contributed by atoms with Gasteiger partial charge >= 0.3 is 0 Å². The molecule has 0 amide bonds. The van der Waals surface area contributed by atoms with Gasteiger partial charge in [0, 0.05) is 12.1 Å². The van der Waals surface area contributed by atoms with Gasteiger partial charge in [0.25, 0.3) is 8.32 Å². The second-order valence-corrected chi connectivity index (χ2v) is 13.1. The first kappa shape index (κ1) is 19.3. The molecule has 1 saturated carbocycles. The lowest BCUT2D eigenvalue weighted by atomic mass is 9.85. The summed E-state index contributed by atoms with van der Waals surface area (Å²) >= 11 is 0. The van der Waals surface area contributed by atoms with E-state index in [0.717, 1.165) is 19.3 Å². The monoisotopic (exact) mass is 367 g/mol. The molecule has 3 atom stereocenters. The highest BCUT2D eigenvalue weighted by molar-refractivity contribution is 6.99. The van der Waals surface area contributed by atoms with E-state index in [1.165, 1.54) is 10.4 Å². The van der Waals surface area contributed by atoms with Crippen LogP contribution in [0.3, 0.4) is 0 Å². The van der Waals surface area contributed by atoms with Gasteiger partial charge in [-0.15, -0.1) is 0 Å². The molecule has 0 spiro atoms. The Morgan fingerprint density at radius 2 is 1.38 bits per heavy atom. The van der Waals surface area contributed by atoms with Gasteiger partial charge in [-0.1, -0.05) is 88.4 Å². The summed E-state index contributed by atoms with van der Waals surface area (Å²) in [5.74, 6) is 0.592.